The van der Waals surface area contributed by atoms with Crippen molar-refractivity contribution in [3.63, 3.8) is 0 Å². The van der Waals surface area contributed by atoms with Crippen LogP contribution in [0.15, 0.2) is 59.5 Å². The number of hydrogen-bond acceptors (Lipinski definition) is 7. The lowest BCUT2D eigenvalue weighted by Crippen LogP contribution is -2.38. The predicted molar refractivity (Wildman–Crippen MR) is 138 cm³/mol. The fraction of sp³-hybridized carbons (Fsp3) is 0.259. The highest BCUT2D eigenvalue weighted by molar-refractivity contribution is 6.06. The topological polar surface area (TPSA) is 116 Å². The molecular weight excluding hydrogens is 516 g/mol. The zero-order valence-corrected chi connectivity index (χ0v) is 21.9. The summed E-state index contributed by atoms with van der Waals surface area (Å²) in [5.74, 6) is -4.63. The lowest BCUT2D eigenvalue weighted by atomic mass is 10.1. The molecule has 39 heavy (non-hydrogen) atoms. The molecule has 3 aromatic rings. The number of esters is 1. The fourth-order valence-corrected chi connectivity index (χ4v) is 3.43. The van der Waals surface area contributed by atoms with Crippen molar-refractivity contribution in [3.05, 3.63) is 93.4 Å². The fourth-order valence-electron chi connectivity index (χ4n) is 3.43. The Balaban J connectivity index is 2.18. The van der Waals surface area contributed by atoms with Crippen LogP contribution in [-0.4, -0.2) is 42.4 Å². The van der Waals surface area contributed by atoms with Gasteiger partial charge >= 0.3 is 12.1 Å². The molecule has 0 unspecified atom stereocenters. The molecule has 0 aliphatic heterocycles. The van der Waals surface area contributed by atoms with Crippen LogP contribution in [0.2, 0.25) is 0 Å². The normalized spacial score (nSPS) is 10.9. The number of amides is 2. The molecule has 2 aromatic carbocycles. The summed E-state index contributed by atoms with van der Waals surface area (Å²) >= 11 is 0. The molecule has 0 atom stereocenters. The predicted octanol–water partition coefficient (Wildman–Crippen LogP) is 4.25. The van der Waals surface area contributed by atoms with Gasteiger partial charge in [0.15, 0.2) is 5.69 Å². The molecule has 0 aliphatic carbocycles. The lowest BCUT2D eigenvalue weighted by molar-refractivity contribution is 0.0572. The average molecular weight is 544 g/mol. The van der Waals surface area contributed by atoms with Crippen LogP contribution in [0.3, 0.4) is 0 Å². The van der Waals surface area contributed by atoms with Crippen LogP contribution in [0.25, 0.3) is 0 Å². The molecule has 0 bridgehead atoms. The van der Waals surface area contributed by atoms with E-state index in [2.05, 4.69) is 5.43 Å². The molecule has 206 valence electrons. The van der Waals surface area contributed by atoms with E-state index in [9.17, 15) is 28.0 Å². The number of methoxy groups -OCH3 is 1. The number of carbonyl (C=O) groups is 3. The summed E-state index contributed by atoms with van der Waals surface area (Å²) < 4.78 is 44.3. The van der Waals surface area contributed by atoms with E-state index in [0.29, 0.717) is 11.6 Å². The van der Waals surface area contributed by atoms with Crippen LogP contribution in [0.4, 0.5) is 19.3 Å². The Bertz CT molecular complexity index is 1450. The minimum Gasteiger partial charge on any atom is -0.482 e. The minimum atomic E-state index is -1.07. The van der Waals surface area contributed by atoms with E-state index < -0.39 is 57.6 Å². The maximum Gasteiger partial charge on any atom is 0.426 e. The Kier molecular flexibility index (Phi) is 8.69. The Hall–Kier alpha value is -4.74. The van der Waals surface area contributed by atoms with Gasteiger partial charge in [0.25, 0.3) is 5.91 Å². The van der Waals surface area contributed by atoms with Gasteiger partial charge in [0, 0.05) is 19.3 Å². The molecule has 0 saturated carbocycles. The Morgan fingerprint density at radius 1 is 1.05 bits per heavy atom. The van der Waals surface area contributed by atoms with Gasteiger partial charge in [0.1, 0.15) is 29.4 Å². The summed E-state index contributed by atoms with van der Waals surface area (Å²) in [5.41, 5.74) is -0.514. The molecule has 0 saturated heterocycles. The molecule has 0 fully saturated rings. The third kappa shape index (κ3) is 6.98. The van der Waals surface area contributed by atoms with E-state index in [1.165, 1.54) is 7.05 Å². The largest absolute Gasteiger partial charge is 0.482 e. The lowest BCUT2D eigenvalue weighted by Gasteiger charge is -2.23. The summed E-state index contributed by atoms with van der Waals surface area (Å²) in [5, 5.41) is 0. The standard InChI is InChI=1S/C27H27F2N3O7/c1-27(2,3)39-26(36)30-32-14-18(24(34)31(4)20-12-11-17(28)13-19(20)29)22(33)23(21(32)25(35)37-5)38-15-16-9-7-6-8-10-16/h6-14H,15H2,1-5H3,(H,30,36). The van der Waals surface area contributed by atoms with Gasteiger partial charge in [-0.15, -0.1) is 0 Å². The Labute approximate surface area is 222 Å². The number of nitrogens with zero attached hydrogens (tertiary/aromatic N) is 2. The van der Waals surface area contributed by atoms with Crippen molar-refractivity contribution < 1.29 is 37.4 Å². The van der Waals surface area contributed by atoms with Crippen molar-refractivity contribution in [2.45, 2.75) is 33.0 Å². The summed E-state index contributed by atoms with van der Waals surface area (Å²) in [6, 6.07) is 11.2. The third-order valence-corrected chi connectivity index (χ3v) is 5.19. The first-order valence-electron chi connectivity index (χ1n) is 11.6. The van der Waals surface area contributed by atoms with Crippen LogP contribution < -0.4 is 20.5 Å². The number of anilines is 1. The summed E-state index contributed by atoms with van der Waals surface area (Å²) in [6.45, 7) is 4.63. The minimum absolute atomic E-state index is 0.188. The zero-order valence-electron chi connectivity index (χ0n) is 21.9. The van der Waals surface area contributed by atoms with Crippen LogP contribution in [-0.2, 0) is 16.1 Å². The smallest absolute Gasteiger partial charge is 0.426 e. The van der Waals surface area contributed by atoms with Gasteiger partial charge < -0.3 is 19.1 Å². The van der Waals surface area contributed by atoms with Crippen molar-refractivity contribution in [3.8, 4) is 5.75 Å². The molecule has 0 spiro atoms. The number of rotatable bonds is 7. The summed E-state index contributed by atoms with van der Waals surface area (Å²) in [6.07, 6.45) is -0.157. The highest BCUT2D eigenvalue weighted by Crippen LogP contribution is 2.23. The zero-order chi connectivity index (χ0) is 28.9. The number of hydrogen-bond donors (Lipinski definition) is 1. The van der Waals surface area contributed by atoms with E-state index in [0.717, 1.165) is 35.0 Å². The number of halogens is 2. The monoisotopic (exact) mass is 543 g/mol. The quantitative estimate of drug-likeness (QED) is 0.443. The second-order valence-electron chi connectivity index (χ2n) is 9.26. The number of aromatic nitrogens is 1. The van der Waals surface area contributed by atoms with Crippen LogP contribution in [0, 0.1) is 11.6 Å². The maximum absolute atomic E-state index is 14.4. The first-order valence-corrected chi connectivity index (χ1v) is 11.6. The molecule has 0 radical (unpaired) electrons. The third-order valence-electron chi connectivity index (χ3n) is 5.19. The highest BCUT2D eigenvalue weighted by atomic mass is 19.1. The van der Waals surface area contributed by atoms with Crippen molar-refractivity contribution >= 4 is 23.7 Å². The van der Waals surface area contributed by atoms with E-state index in [1.54, 1.807) is 51.1 Å². The van der Waals surface area contributed by atoms with Gasteiger partial charge in [-0.05, 0) is 38.5 Å². The van der Waals surface area contributed by atoms with Gasteiger partial charge in [-0.25, -0.2) is 28.5 Å². The number of ether oxygens (including phenoxy) is 3. The van der Waals surface area contributed by atoms with E-state index in [4.69, 9.17) is 14.2 Å². The number of benzene rings is 2. The number of nitrogens with one attached hydrogen (secondary N) is 1. The first kappa shape index (κ1) is 28.8. The van der Waals surface area contributed by atoms with Crippen LogP contribution in [0.1, 0.15) is 47.2 Å². The molecule has 2 amide bonds. The van der Waals surface area contributed by atoms with E-state index >= 15 is 0 Å². The van der Waals surface area contributed by atoms with E-state index in [1.807, 2.05) is 0 Å². The van der Waals surface area contributed by atoms with Gasteiger partial charge in [-0.1, -0.05) is 30.3 Å². The van der Waals surface area contributed by atoms with Crippen LogP contribution in [0.5, 0.6) is 5.75 Å². The molecule has 12 heteroatoms. The second kappa shape index (κ2) is 11.8. The van der Waals surface area contributed by atoms with Crippen LogP contribution >= 0.6 is 0 Å². The molecule has 3 rings (SSSR count). The highest BCUT2D eigenvalue weighted by Gasteiger charge is 2.30. The number of pyridine rings is 1. The van der Waals surface area contributed by atoms with Gasteiger partial charge in [0.05, 0.1) is 12.8 Å². The Morgan fingerprint density at radius 3 is 2.31 bits per heavy atom. The van der Waals surface area contributed by atoms with Crippen molar-refractivity contribution in [1.29, 1.82) is 0 Å². The molecule has 10 nitrogen and oxygen atoms in total. The molecule has 1 N–H and O–H groups in total. The van der Waals surface area contributed by atoms with Gasteiger partial charge in [-0.3, -0.25) is 9.59 Å². The van der Waals surface area contributed by atoms with Crippen molar-refractivity contribution in [2.75, 3.05) is 24.5 Å². The van der Waals surface area contributed by atoms with Gasteiger partial charge in [-0.2, -0.15) is 0 Å². The second-order valence-corrected chi connectivity index (χ2v) is 9.26. The molecule has 1 heterocycles. The van der Waals surface area contributed by atoms with Gasteiger partial charge in [0.2, 0.25) is 11.2 Å². The molecule has 0 aliphatic rings. The van der Waals surface area contributed by atoms with Crippen molar-refractivity contribution in [1.82, 2.24) is 4.68 Å². The maximum atomic E-state index is 14.4. The summed E-state index contributed by atoms with van der Waals surface area (Å²) in [7, 11) is 2.22. The first-order chi connectivity index (χ1) is 18.3. The molecular formula is C27H27F2N3O7. The average Bonchev–Trinajstić information content (AvgIpc) is 2.86. The Morgan fingerprint density at radius 2 is 1.72 bits per heavy atom. The summed E-state index contributed by atoms with van der Waals surface area (Å²) in [4.78, 5) is 53.0. The van der Waals surface area contributed by atoms with E-state index in [-0.39, 0.29) is 12.3 Å². The van der Waals surface area contributed by atoms with Crippen molar-refractivity contribution in [2.24, 2.45) is 0 Å². The molecule has 1 aromatic heterocycles. The number of carbonyl (C=O) groups excluding carboxylic acids is 3. The SMILES string of the molecule is COC(=O)c1c(OCc2ccccc2)c(=O)c(C(=O)N(C)c2ccc(F)cc2F)cn1NC(=O)OC(C)(C)C.